The third-order valence-corrected chi connectivity index (χ3v) is 5.90. The van der Waals surface area contributed by atoms with Gasteiger partial charge in [-0.1, -0.05) is 0 Å². The van der Waals surface area contributed by atoms with Crippen molar-refractivity contribution in [3.05, 3.63) is 0 Å². The Morgan fingerprint density at radius 3 is 2.10 bits per heavy atom. The van der Waals surface area contributed by atoms with Crippen LogP contribution in [-0.2, 0) is 9.53 Å². The minimum Gasteiger partial charge on any atom is -0.365 e. The Morgan fingerprint density at radius 2 is 1.65 bits per heavy atom. The van der Waals surface area contributed by atoms with E-state index in [-0.39, 0.29) is 11.5 Å². The molecule has 0 unspecified atom stereocenters. The van der Waals surface area contributed by atoms with Gasteiger partial charge in [0.05, 0.1) is 20.7 Å². The molecule has 20 heavy (non-hydrogen) atoms. The highest BCUT2D eigenvalue weighted by Crippen LogP contribution is 2.60. The van der Waals surface area contributed by atoms with E-state index in [1.807, 2.05) is 6.92 Å². The molecule has 4 aliphatic rings. The predicted octanol–water partition coefficient (Wildman–Crippen LogP) is 1.32. The minimum absolute atomic E-state index is 0.000853. The van der Waals surface area contributed by atoms with Gasteiger partial charge in [-0.15, -0.1) is 0 Å². The van der Waals surface area contributed by atoms with Gasteiger partial charge in [-0.3, -0.25) is 4.79 Å². The van der Waals surface area contributed by atoms with Crippen molar-refractivity contribution in [2.24, 2.45) is 23.2 Å². The third kappa shape index (κ3) is 2.67. The van der Waals surface area contributed by atoms with E-state index in [2.05, 4.69) is 14.1 Å². The first kappa shape index (κ1) is 14.5. The maximum absolute atomic E-state index is 12.9. The number of quaternary nitrogens is 1. The average molecular weight is 280 g/mol. The number of ether oxygens (including phenoxy) is 1. The number of hydrogen-bond donors (Lipinski definition) is 1. The molecule has 4 aliphatic carbocycles. The van der Waals surface area contributed by atoms with Crippen molar-refractivity contribution in [3.8, 4) is 0 Å². The number of hydrogen-bond acceptors (Lipinski definition) is 2. The molecule has 0 amide bonds. The molecule has 0 saturated heterocycles. The number of rotatable bonds is 6. The van der Waals surface area contributed by atoms with Gasteiger partial charge in [-0.05, 0) is 63.2 Å². The highest BCUT2D eigenvalue weighted by molar-refractivity contribution is 5.89. The number of ketones is 1. The molecule has 1 N–H and O–H groups in total. The molecule has 0 aliphatic heterocycles. The normalized spacial score (nSPS) is 40.3. The quantitative estimate of drug-likeness (QED) is 0.795. The lowest BCUT2D eigenvalue weighted by Crippen LogP contribution is -3.06. The molecule has 4 bridgehead atoms. The topological polar surface area (TPSA) is 30.7 Å². The monoisotopic (exact) mass is 280 g/mol. The molecular formula is C17H30NO2+. The summed E-state index contributed by atoms with van der Waals surface area (Å²) in [7, 11) is 4.24. The van der Waals surface area contributed by atoms with Crippen LogP contribution >= 0.6 is 0 Å². The zero-order chi connectivity index (χ0) is 14.3. The molecule has 4 fully saturated rings. The summed E-state index contributed by atoms with van der Waals surface area (Å²) in [4.78, 5) is 14.3. The van der Waals surface area contributed by atoms with Crippen LogP contribution in [-0.4, -0.2) is 39.1 Å². The van der Waals surface area contributed by atoms with Gasteiger partial charge in [0.2, 0.25) is 0 Å². The zero-order valence-corrected chi connectivity index (χ0v) is 13.3. The van der Waals surface area contributed by atoms with Crippen LogP contribution in [0.2, 0.25) is 0 Å². The molecule has 3 heteroatoms. The van der Waals surface area contributed by atoms with Crippen LogP contribution in [0, 0.1) is 23.2 Å². The van der Waals surface area contributed by atoms with Gasteiger partial charge >= 0.3 is 0 Å². The molecule has 0 heterocycles. The summed E-state index contributed by atoms with van der Waals surface area (Å²) >= 11 is 0. The van der Waals surface area contributed by atoms with Crippen LogP contribution < -0.4 is 4.90 Å². The largest absolute Gasteiger partial charge is 0.365 e. The van der Waals surface area contributed by atoms with Gasteiger partial charge < -0.3 is 9.64 Å². The average Bonchev–Trinajstić information content (AvgIpc) is 2.35. The Labute approximate surface area is 123 Å². The van der Waals surface area contributed by atoms with Crippen molar-refractivity contribution in [2.75, 3.05) is 27.2 Å². The number of carbonyl (C=O) groups excluding carboxylic acids is 1. The summed E-state index contributed by atoms with van der Waals surface area (Å²) < 4.78 is 5.83. The number of nitrogens with one attached hydrogen (secondary N) is 1. The van der Waals surface area contributed by atoms with E-state index in [4.69, 9.17) is 4.74 Å². The first-order valence-electron chi connectivity index (χ1n) is 8.43. The molecule has 4 rings (SSSR count). The maximum atomic E-state index is 12.9. The van der Waals surface area contributed by atoms with E-state index in [1.54, 1.807) is 0 Å². The molecule has 1 atom stereocenters. The van der Waals surface area contributed by atoms with E-state index >= 15 is 0 Å². The fourth-order valence-electron chi connectivity index (χ4n) is 5.36. The molecule has 0 aromatic carbocycles. The summed E-state index contributed by atoms with van der Waals surface area (Å²) in [6.45, 7) is 3.64. The van der Waals surface area contributed by atoms with Crippen molar-refractivity contribution in [1.29, 1.82) is 0 Å². The van der Waals surface area contributed by atoms with Gasteiger partial charge in [0.15, 0.2) is 5.78 Å². The predicted molar refractivity (Wildman–Crippen MR) is 78.7 cm³/mol. The first-order valence-corrected chi connectivity index (χ1v) is 8.43. The first-order chi connectivity index (χ1) is 9.48. The number of Topliss-reactive ketones (excluding diaryl/α,β-unsaturated/α-hetero) is 1. The summed E-state index contributed by atoms with van der Waals surface area (Å²) in [6, 6.07) is 0. The second-order valence-electron chi connectivity index (χ2n) is 8.03. The lowest BCUT2D eigenvalue weighted by molar-refractivity contribution is -0.858. The van der Waals surface area contributed by atoms with Crippen molar-refractivity contribution in [2.45, 2.75) is 51.6 Å². The molecular weight excluding hydrogens is 250 g/mol. The summed E-state index contributed by atoms with van der Waals surface area (Å²) in [5.74, 6) is 2.93. The highest BCUT2D eigenvalue weighted by Gasteiger charge is 2.55. The second kappa shape index (κ2) is 5.42. The second-order valence-corrected chi connectivity index (χ2v) is 8.03. The summed E-state index contributed by atoms with van der Waals surface area (Å²) in [5.41, 5.74) is -0.000853. The van der Waals surface area contributed by atoms with E-state index < -0.39 is 0 Å². The molecule has 3 nitrogen and oxygen atoms in total. The van der Waals surface area contributed by atoms with E-state index in [9.17, 15) is 4.79 Å². The minimum atomic E-state index is -0.203. The van der Waals surface area contributed by atoms with Crippen LogP contribution in [0.1, 0.15) is 45.4 Å². The Balaban J connectivity index is 1.61. The fourth-order valence-corrected chi connectivity index (χ4v) is 5.36. The maximum Gasteiger partial charge on any atom is 0.167 e. The zero-order valence-electron chi connectivity index (χ0n) is 13.3. The molecule has 114 valence electrons. The van der Waals surface area contributed by atoms with Crippen molar-refractivity contribution < 1.29 is 14.4 Å². The summed E-state index contributed by atoms with van der Waals surface area (Å²) in [6.07, 6.45) is 7.45. The smallest absolute Gasteiger partial charge is 0.167 e. The highest BCUT2D eigenvalue weighted by atomic mass is 16.5. The molecule has 0 aromatic heterocycles. The van der Waals surface area contributed by atoms with Crippen molar-refractivity contribution in [1.82, 2.24) is 0 Å². The van der Waals surface area contributed by atoms with E-state index in [0.29, 0.717) is 12.4 Å². The van der Waals surface area contributed by atoms with Crippen molar-refractivity contribution in [3.63, 3.8) is 0 Å². The van der Waals surface area contributed by atoms with Crippen molar-refractivity contribution >= 4 is 5.78 Å². The Hall–Kier alpha value is -0.410. The fraction of sp³-hybridized carbons (Fsp3) is 0.941. The molecule has 0 radical (unpaired) electrons. The molecule has 4 saturated carbocycles. The number of carbonyl (C=O) groups is 1. The van der Waals surface area contributed by atoms with Crippen LogP contribution in [0.3, 0.4) is 0 Å². The van der Waals surface area contributed by atoms with Crippen LogP contribution in [0.15, 0.2) is 0 Å². The van der Waals surface area contributed by atoms with Crippen LogP contribution in [0.25, 0.3) is 0 Å². The lowest BCUT2D eigenvalue weighted by atomic mass is 9.48. The SMILES string of the molecule is C[C@H](OCC[NH+](C)C)C(=O)C12CC3CC(CC(C3)C1)C2. The van der Waals surface area contributed by atoms with Gasteiger partial charge in [0, 0.05) is 5.41 Å². The van der Waals surface area contributed by atoms with Gasteiger partial charge in [-0.25, -0.2) is 0 Å². The van der Waals surface area contributed by atoms with E-state index in [1.165, 1.54) is 24.2 Å². The molecule has 0 spiro atoms. The standard InChI is InChI=1S/C17H29NO2/c1-12(20-5-4-18(2)3)16(19)17-9-13-6-14(10-17)8-15(7-13)11-17/h12-15H,4-11H2,1-3H3/p+1/t12-,13?,14?,15?,17?/m0/s1. The lowest BCUT2D eigenvalue weighted by Gasteiger charge is -2.56. The number of likely N-dealkylation sites (N-methyl/N-ethyl adjacent to an activating group) is 1. The van der Waals surface area contributed by atoms with Gasteiger partial charge in [-0.2, -0.15) is 0 Å². The van der Waals surface area contributed by atoms with Gasteiger partial charge in [0.1, 0.15) is 12.6 Å². The Morgan fingerprint density at radius 1 is 1.15 bits per heavy atom. The Kier molecular flexibility index (Phi) is 3.93. The van der Waals surface area contributed by atoms with E-state index in [0.717, 1.165) is 43.6 Å². The van der Waals surface area contributed by atoms with Gasteiger partial charge in [0.25, 0.3) is 0 Å². The summed E-state index contributed by atoms with van der Waals surface area (Å²) in [5, 5.41) is 0. The third-order valence-electron chi connectivity index (χ3n) is 5.90. The molecule has 0 aromatic rings. The van der Waals surface area contributed by atoms with Crippen LogP contribution in [0.5, 0.6) is 0 Å². The van der Waals surface area contributed by atoms with Crippen LogP contribution in [0.4, 0.5) is 0 Å². The Bertz CT molecular complexity index is 342.